The third-order valence-electron chi connectivity index (χ3n) is 1.44. The van der Waals surface area contributed by atoms with E-state index in [1.165, 1.54) is 13.2 Å². The first-order chi connectivity index (χ1) is 5.70. The molecule has 0 saturated carbocycles. The molecule has 0 heterocycles. The van der Waals surface area contributed by atoms with Crippen LogP contribution in [0.25, 0.3) is 0 Å². The summed E-state index contributed by atoms with van der Waals surface area (Å²) in [6.45, 7) is 0. The number of thioether (sulfide) groups is 1. The number of methoxy groups -OCH3 is 1. The smallest absolute Gasteiger partial charge is 0.176 e. The van der Waals surface area contributed by atoms with Gasteiger partial charge in [-0.05, 0) is 18.4 Å². The van der Waals surface area contributed by atoms with Crippen LogP contribution < -0.4 is 4.74 Å². The van der Waals surface area contributed by atoms with Gasteiger partial charge in [-0.3, -0.25) is 0 Å². The van der Waals surface area contributed by atoms with E-state index < -0.39 is 11.6 Å². The summed E-state index contributed by atoms with van der Waals surface area (Å²) in [7, 11) is 1.42. The second kappa shape index (κ2) is 3.76. The molecule has 0 aliphatic carbocycles. The fourth-order valence-electron chi connectivity index (χ4n) is 0.865. The van der Waals surface area contributed by atoms with E-state index in [2.05, 4.69) is 0 Å². The Balaban J connectivity index is 3.25. The highest BCUT2D eigenvalue weighted by Gasteiger charge is 2.12. The second-order valence-corrected chi connectivity index (χ2v) is 2.91. The third kappa shape index (κ3) is 1.53. The van der Waals surface area contributed by atoms with Gasteiger partial charge in [-0.1, -0.05) is 0 Å². The summed E-state index contributed by atoms with van der Waals surface area (Å²) >= 11 is 1.12. The predicted molar refractivity (Wildman–Crippen MR) is 44.7 cm³/mol. The van der Waals surface area contributed by atoms with Gasteiger partial charge in [0.25, 0.3) is 0 Å². The van der Waals surface area contributed by atoms with Crippen LogP contribution in [0, 0.1) is 11.6 Å². The summed E-state index contributed by atoms with van der Waals surface area (Å²) < 4.78 is 30.5. The predicted octanol–water partition coefficient (Wildman–Crippen LogP) is 2.70. The van der Waals surface area contributed by atoms with Crippen LogP contribution in [0.1, 0.15) is 0 Å². The highest BCUT2D eigenvalue weighted by molar-refractivity contribution is 7.98. The SMILES string of the molecule is COc1ccc(F)c(F)c1SC. The van der Waals surface area contributed by atoms with Crippen LogP contribution in [0.2, 0.25) is 0 Å². The van der Waals surface area contributed by atoms with E-state index in [4.69, 9.17) is 4.74 Å². The van der Waals surface area contributed by atoms with Gasteiger partial charge in [0, 0.05) is 0 Å². The summed E-state index contributed by atoms with van der Waals surface area (Å²) in [5.41, 5.74) is 0. The molecule has 0 aliphatic rings. The lowest BCUT2D eigenvalue weighted by molar-refractivity contribution is 0.389. The maximum atomic E-state index is 13.0. The van der Waals surface area contributed by atoms with Gasteiger partial charge >= 0.3 is 0 Å². The van der Waals surface area contributed by atoms with Gasteiger partial charge in [-0.15, -0.1) is 11.8 Å². The normalized spacial score (nSPS) is 10.0. The Morgan fingerprint density at radius 3 is 2.50 bits per heavy atom. The number of rotatable bonds is 2. The molecule has 0 bridgehead atoms. The maximum absolute atomic E-state index is 13.0. The monoisotopic (exact) mass is 190 g/mol. The van der Waals surface area contributed by atoms with Crippen LogP contribution in [0.3, 0.4) is 0 Å². The molecule has 0 amide bonds. The molecule has 0 fully saturated rings. The van der Waals surface area contributed by atoms with E-state index in [1.807, 2.05) is 0 Å². The maximum Gasteiger partial charge on any atom is 0.176 e. The summed E-state index contributed by atoms with van der Waals surface area (Å²) in [6, 6.07) is 2.46. The van der Waals surface area contributed by atoms with Crippen molar-refractivity contribution in [2.75, 3.05) is 13.4 Å². The molecule has 0 saturated heterocycles. The molecule has 4 heteroatoms. The minimum absolute atomic E-state index is 0.206. The molecule has 0 unspecified atom stereocenters. The van der Waals surface area contributed by atoms with Crippen molar-refractivity contribution in [1.82, 2.24) is 0 Å². The van der Waals surface area contributed by atoms with Crippen molar-refractivity contribution in [1.29, 1.82) is 0 Å². The molecule has 1 rings (SSSR count). The van der Waals surface area contributed by atoms with Crippen molar-refractivity contribution >= 4 is 11.8 Å². The van der Waals surface area contributed by atoms with Gasteiger partial charge in [0.05, 0.1) is 12.0 Å². The van der Waals surface area contributed by atoms with Gasteiger partial charge in [0.1, 0.15) is 5.75 Å². The highest BCUT2D eigenvalue weighted by atomic mass is 32.2. The Morgan fingerprint density at radius 2 is 2.00 bits per heavy atom. The molecule has 66 valence electrons. The number of ether oxygens (including phenoxy) is 1. The minimum atomic E-state index is -0.847. The van der Waals surface area contributed by atoms with Crippen molar-refractivity contribution in [3.63, 3.8) is 0 Å². The summed E-state index contributed by atoms with van der Waals surface area (Å²) in [5.74, 6) is -1.33. The molecule has 0 aromatic heterocycles. The van der Waals surface area contributed by atoms with Crippen LogP contribution in [0.4, 0.5) is 8.78 Å². The van der Waals surface area contributed by atoms with Crippen LogP contribution >= 0.6 is 11.8 Å². The molecular formula is C8H8F2OS. The van der Waals surface area contributed by atoms with Crippen LogP contribution in [-0.2, 0) is 0 Å². The Hall–Kier alpha value is -0.770. The lowest BCUT2D eigenvalue weighted by atomic mass is 10.3. The summed E-state index contributed by atoms with van der Waals surface area (Å²) in [4.78, 5) is 0.206. The molecule has 1 aromatic rings. The number of hydrogen-bond donors (Lipinski definition) is 0. The van der Waals surface area contributed by atoms with Gasteiger partial charge in [0.2, 0.25) is 0 Å². The zero-order chi connectivity index (χ0) is 9.14. The van der Waals surface area contributed by atoms with Crippen LogP contribution in [-0.4, -0.2) is 13.4 Å². The largest absolute Gasteiger partial charge is 0.495 e. The Bertz CT molecular complexity index is 289. The molecule has 0 radical (unpaired) electrons. The quantitative estimate of drug-likeness (QED) is 0.663. The number of benzene rings is 1. The molecule has 0 N–H and O–H groups in total. The van der Waals surface area contributed by atoms with E-state index in [-0.39, 0.29) is 4.90 Å². The first-order valence-electron chi connectivity index (χ1n) is 3.26. The van der Waals surface area contributed by atoms with Gasteiger partial charge in [-0.25, -0.2) is 8.78 Å². The van der Waals surface area contributed by atoms with Crippen molar-refractivity contribution in [2.45, 2.75) is 4.90 Å². The van der Waals surface area contributed by atoms with Crippen LogP contribution in [0.5, 0.6) is 5.75 Å². The Kier molecular flexibility index (Phi) is 2.92. The van der Waals surface area contributed by atoms with Crippen molar-refractivity contribution in [3.8, 4) is 5.75 Å². The van der Waals surface area contributed by atoms with Gasteiger partial charge in [-0.2, -0.15) is 0 Å². The fourth-order valence-corrected chi connectivity index (χ4v) is 1.49. The first-order valence-corrected chi connectivity index (χ1v) is 4.49. The average molecular weight is 190 g/mol. The lowest BCUT2D eigenvalue weighted by Gasteiger charge is -2.06. The van der Waals surface area contributed by atoms with Crippen molar-refractivity contribution in [3.05, 3.63) is 23.8 Å². The van der Waals surface area contributed by atoms with E-state index in [9.17, 15) is 8.78 Å². The molecule has 1 aromatic carbocycles. The zero-order valence-electron chi connectivity index (χ0n) is 6.73. The molecule has 12 heavy (non-hydrogen) atoms. The fraction of sp³-hybridized carbons (Fsp3) is 0.250. The van der Waals surface area contributed by atoms with E-state index in [0.717, 1.165) is 17.8 Å². The highest BCUT2D eigenvalue weighted by Crippen LogP contribution is 2.31. The second-order valence-electron chi connectivity index (χ2n) is 2.10. The van der Waals surface area contributed by atoms with Crippen LogP contribution in [0.15, 0.2) is 17.0 Å². The third-order valence-corrected chi connectivity index (χ3v) is 2.23. The van der Waals surface area contributed by atoms with E-state index in [1.54, 1.807) is 6.26 Å². The standard InChI is InChI=1S/C8H8F2OS/c1-11-6-4-3-5(9)7(10)8(6)12-2/h3-4H,1-2H3. The summed E-state index contributed by atoms with van der Waals surface area (Å²) in [6.07, 6.45) is 1.67. The summed E-state index contributed by atoms with van der Waals surface area (Å²) in [5, 5.41) is 0. The first kappa shape index (κ1) is 9.32. The van der Waals surface area contributed by atoms with Gasteiger partial charge in [0.15, 0.2) is 11.6 Å². The lowest BCUT2D eigenvalue weighted by Crippen LogP contribution is -1.92. The van der Waals surface area contributed by atoms with Gasteiger partial charge < -0.3 is 4.74 Å². The number of halogens is 2. The molecule has 1 nitrogen and oxygen atoms in total. The van der Waals surface area contributed by atoms with Crippen molar-refractivity contribution < 1.29 is 13.5 Å². The Labute approximate surface area is 73.7 Å². The topological polar surface area (TPSA) is 9.23 Å². The zero-order valence-corrected chi connectivity index (χ0v) is 7.54. The average Bonchev–Trinajstić information content (AvgIpc) is 2.09. The Morgan fingerprint density at radius 1 is 1.33 bits per heavy atom. The number of hydrogen-bond acceptors (Lipinski definition) is 2. The van der Waals surface area contributed by atoms with E-state index >= 15 is 0 Å². The molecular weight excluding hydrogens is 182 g/mol. The molecule has 0 spiro atoms. The van der Waals surface area contributed by atoms with Crippen molar-refractivity contribution in [2.24, 2.45) is 0 Å². The minimum Gasteiger partial charge on any atom is -0.495 e. The van der Waals surface area contributed by atoms with E-state index in [0.29, 0.717) is 5.75 Å². The molecule has 0 aliphatic heterocycles. The molecule has 0 atom stereocenters.